The molecule has 1 aromatic carbocycles. The summed E-state index contributed by atoms with van der Waals surface area (Å²) in [4.78, 5) is 14.3. The van der Waals surface area contributed by atoms with E-state index in [0.717, 1.165) is 0 Å². The van der Waals surface area contributed by atoms with Crippen LogP contribution in [0.5, 0.6) is 0 Å². The van der Waals surface area contributed by atoms with E-state index in [-0.39, 0.29) is 5.82 Å². The van der Waals surface area contributed by atoms with Crippen LogP contribution in [0.15, 0.2) is 24.3 Å². The lowest BCUT2D eigenvalue weighted by atomic mass is 10.3. The normalized spacial score (nSPS) is 9.00. The highest BCUT2D eigenvalue weighted by Gasteiger charge is 1.85. The van der Waals surface area contributed by atoms with Gasteiger partial charge in [-0.15, -0.1) is 0 Å². The van der Waals surface area contributed by atoms with Gasteiger partial charge in [-0.2, -0.15) is 0 Å². The van der Waals surface area contributed by atoms with Gasteiger partial charge in [-0.1, -0.05) is 6.07 Å². The van der Waals surface area contributed by atoms with Crippen molar-refractivity contribution in [2.45, 2.75) is 0 Å². The molecule has 0 saturated heterocycles. The highest BCUT2D eigenvalue weighted by molar-refractivity contribution is 7.30. The molecule has 0 amide bonds. The Morgan fingerprint density at radius 3 is 2.17 bits per heavy atom. The van der Waals surface area contributed by atoms with Gasteiger partial charge in [0, 0.05) is 5.69 Å². The topological polar surface area (TPSA) is 83.6 Å². The number of anilines is 1. The van der Waals surface area contributed by atoms with E-state index in [4.69, 9.17) is 20.1 Å². The summed E-state index contributed by atoms with van der Waals surface area (Å²) in [6.45, 7) is 0. The van der Waals surface area contributed by atoms with Crippen molar-refractivity contribution in [3.8, 4) is 0 Å². The minimum atomic E-state index is -3.13. The summed E-state index contributed by atoms with van der Waals surface area (Å²) in [5.74, 6) is -0.287. The van der Waals surface area contributed by atoms with E-state index in [9.17, 15) is 4.39 Å². The van der Waals surface area contributed by atoms with Gasteiger partial charge in [0.2, 0.25) is 0 Å². The van der Waals surface area contributed by atoms with Gasteiger partial charge >= 0.3 is 8.25 Å². The maximum atomic E-state index is 12.1. The maximum absolute atomic E-state index is 12.1. The van der Waals surface area contributed by atoms with Crippen LogP contribution in [0.4, 0.5) is 10.1 Å². The number of benzene rings is 1. The van der Waals surface area contributed by atoms with E-state index < -0.39 is 8.25 Å². The Morgan fingerprint density at radius 2 is 1.92 bits per heavy atom. The molecule has 0 aromatic heterocycles. The molecule has 4 N–H and O–H groups in total. The Balaban J connectivity index is 0.000000261. The first-order chi connectivity index (χ1) is 5.52. The van der Waals surface area contributed by atoms with Crippen molar-refractivity contribution in [1.29, 1.82) is 0 Å². The predicted molar refractivity (Wildman–Crippen MR) is 44.3 cm³/mol. The van der Waals surface area contributed by atoms with Gasteiger partial charge in [0.05, 0.1) is 0 Å². The lowest BCUT2D eigenvalue weighted by Gasteiger charge is -1.88. The van der Waals surface area contributed by atoms with Crippen LogP contribution in [0, 0.1) is 5.82 Å². The SMILES string of the molecule is Nc1cccc(F)c1.O=[PH](O)O. The number of rotatable bonds is 0. The molecule has 0 aliphatic heterocycles. The highest BCUT2D eigenvalue weighted by Crippen LogP contribution is 2.02. The average Bonchev–Trinajstić information content (AvgIpc) is 1.84. The van der Waals surface area contributed by atoms with Gasteiger partial charge in [-0.25, -0.2) is 4.39 Å². The Hall–Kier alpha value is -0.900. The first kappa shape index (κ1) is 11.1. The van der Waals surface area contributed by atoms with E-state index in [1.165, 1.54) is 12.1 Å². The van der Waals surface area contributed by atoms with Crippen molar-refractivity contribution in [2.75, 3.05) is 5.73 Å². The molecular weight excluding hydrogens is 184 g/mol. The standard InChI is InChI=1S/C6H6FN.H3O3P/c7-5-2-1-3-6(8)4-5;1-4(2)3/h1-4H,8H2;4H,(H2,1,2,3). The van der Waals surface area contributed by atoms with Crippen molar-refractivity contribution >= 4 is 13.9 Å². The third-order valence-corrected chi connectivity index (χ3v) is 0.849. The molecule has 12 heavy (non-hydrogen) atoms. The molecule has 0 atom stereocenters. The number of halogens is 1. The number of hydrogen-bond donors (Lipinski definition) is 3. The average molecular weight is 193 g/mol. The van der Waals surface area contributed by atoms with Crippen molar-refractivity contribution in [1.82, 2.24) is 0 Å². The number of nitrogen functional groups attached to an aromatic ring is 1. The summed E-state index contributed by atoms with van der Waals surface area (Å²) >= 11 is 0. The van der Waals surface area contributed by atoms with Gasteiger partial charge in [0.1, 0.15) is 5.82 Å². The predicted octanol–water partition coefficient (Wildman–Crippen LogP) is 0.769. The second kappa shape index (κ2) is 5.71. The lowest BCUT2D eigenvalue weighted by Crippen LogP contribution is -1.83. The van der Waals surface area contributed by atoms with Crippen molar-refractivity contribution in [3.63, 3.8) is 0 Å². The summed E-state index contributed by atoms with van der Waals surface area (Å²) in [6.07, 6.45) is 0. The molecule has 0 saturated carbocycles. The molecule has 0 bridgehead atoms. The Bertz CT molecular complexity index is 247. The van der Waals surface area contributed by atoms with Gasteiger partial charge in [-0.3, -0.25) is 4.57 Å². The van der Waals surface area contributed by atoms with Crippen LogP contribution in [0.25, 0.3) is 0 Å². The van der Waals surface area contributed by atoms with E-state index in [0.29, 0.717) is 5.69 Å². The molecule has 0 radical (unpaired) electrons. The minimum Gasteiger partial charge on any atom is -0.399 e. The molecular formula is C6H9FNO3P. The first-order valence-electron chi connectivity index (χ1n) is 2.95. The molecule has 4 nitrogen and oxygen atoms in total. The highest BCUT2D eigenvalue weighted by atomic mass is 31.1. The molecule has 0 aliphatic carbocycles. The van der Waals surface area contributed by atoms with Gasteiger partial charge in [-0.05, 0) is 18.2 Å². The van der Waals surface area contributed by atoms with E-state index in [2.05, 4.69) is 0 Å². The third kappa shape index (κ3) is 7.21. The zero-order valence-corrected chi connectivity index (χ0v) is 7.07. The summed E-state index contributed by atoms with van der Waals surface area (Å²) in [5.41, 5.74) is 5.68. The second-order valence-corrected chi connectivity index (χ2v) is 2.40. The van der Waals surface area contributed by atoms with Gasteiger partial charge in [0.25, 0.3) is 0 Å². The molecule has 1 rings (SSSR count). The zero-order valence-electron chi connectivity index (χ0n) is 6.07. The molecule has 68 valence electrons. The van der Waals surface area contributed by atoms with Crippen molar-refractivity contribution < 1.29 is 18.7 Å². The number of hydrogen-bond acceptors (Lipinski definition) is 2. The quantitative estimate of drug-likeness (QED) is 0.419. The van der Waals surface area contributed by atoms with Crippen LogP contribution >= 0.6 is 8.25 Å². The van der Waals surface area contributed by atoms with Crippen molar-refractivity contribution in [3.05, 3.63) is 30.1 Å². The fraction of sp³-hybridized carbons (Fsp3) is 0. The smallest absolute Gasteiger partial charge is 0.314 e. The van der Waals surface area contributed by atoms with Crippen LogP contribution in [0.2, 0.25) is 0 Å². The summed E-state index contributed by atoms with van der Waals surface area (Å²) in [6, 6.07) is 5.85. The Labute approximate surface area is 69.4 Å². The van der Waals surface area contributed by atoms with E-state index in [1.807, 2.05) is 0 Å². The van der Waals surface area contributed by atoms with E-state index in [1.54, 1.807) is 12.1 Å². The summed E-state index contributed by atoms with van der Waals surface area (Å²) in [5, 5.41) is 0. The molecule has 0 unspecified atom stereocenters. The molecule has 0 spiro atoms. The van der Waals surface area contributed by atoms with E-state index >= 15 is 0 Å². The zero-order chi connectivity index (χ0) is 9.56. The maximum Gasteiger partial charge on any atom is 0.314 e. The minimum absolute atomic E-state index is 0.287. The van der Waals surface area contributed by atoms with Crippen LogP contribution in [-0.2, 0) is 4.57 Å². The van der Waals surface area contributed by atoms with Gasteiger partial charge < -0.3 is 15.5 Å². The Kier molecular flexibility index (Phi) is 5.28. The fourth-order valence-electron chi connectivity index (χ4n) is 0.507. The number of nitrogens with two attached hydrogens (primary N) is 1. The van der Waals surface area contributed by atoms with Crippen molar-refractivity contribution in [2.24, 2.45) is 0 Å². The first-order valence-corrected chi connectivity index (χ1v) is 4.25. The lowest BCUT2D eigenvalue weighted by molar-refractivity contribution is 0.405. The van der Waals surface area contributed by atoms with Crippen LogP contribution in [-0.4, -0.2) is 9.79 Å². The molecule has 0 heterocycles. The van der Waals surface area contributed by atoms with Gasteiger partial charge in [0.15, 0.2) is 0 Å². The van der Waals surface area contributed by atoms with Crippen LogP contribution in [0.1, 0.15) is 0 Å². The largest absolute Gasteiger partial charge is 0.399 e. The fourth-order valence-corrected chi connectivity index (χ4v) is 0.507. The Morgan fingerprint density at radius 1 is 1.42 bits per heavy atom. The molecule has 1 aromatic rings. The monoisotopic (exact) mass is 193 g/mol. The molecule has 6 heteroatoms. The van der Waals surface area contributed by atoms with Crippen LogP contribution < -0.4 is 5.73 Å². The summed E-state index contributed by atoms with van der Waals surface area (Å²) < 4.78 is 20.8. The molecule has 0 fully saturated rings. The molecule has 0 aliphatic rings. The van der Waals surface area contributed by atoms with Crippen LogP contribution in [0.3, 0.4) is 0 Å². The third-order valence-electron chi connectivity index (χ3n) is 0.849. The summed E-state index contributed by atoms with van der Waals surface area (Å²) in [7, 11) is -3.13. The second-order valence-electron chi connectivity index (χ2n) is 1.84.